The second-order valence-corrected chi connectivity index (χ2v) is 3.95. The first-order chi connectivity index (χ1) is 5.33. The summed E-state index contributed by atoms with van der Waals surface area (Å²) in [7, 11) is 0. The van der Waals surface area contributed by atoms with E-state index in [0.29, 0.717) is 0 Å². The predicted molar refractivity (Wildman–Crippen MR) is 50.6 cm³/mol. The molecule has 1 rings (SSSR count). The predicted octanol–water partition coefficient (Wildman–Crippen LogP) is 3.78. The maximum absolute atomic E-state index is 3.83. The lowest BCUT2D eigenvalue weighted by atomic mass is 9.83. The Hall–Kier alpha value is -0.260. The van der Waals surface area contributed by atoms with Crippen molar-refractivity contribution >= 4 is 0 Å². The van der Waals surface area contributed by atoms with E-state index in [2.05, 4.69) is 19.6 Å². The summed E-state index contributed by atoms with van der Waals surface area (Å²) >= 11 is 0. The van der Waals surface area contributed by atoms with E-state index in [1.165, 1.54) is 38.5 Å². The minimum Gasteiger partial charge on any atom is -0.103 e. The third-order valence-corrected chi connectivity index (χ3v) is 2.83. The van der Waals surface area contributed by atoms with Gasteiger partial charge >= 0.3 is 0 Å². The molecule has 11 heavy (non-hydrogen) atoms. The van der Waals surface area contributed by atoms with Gasteiger partial charge in [-0.2, -0.15) is 0 Å². The normalized spacial score (nSPS) is 23.0. The second kappa shape index (κ2) is 4.58. The molecular formula is C11H20. The van der Waals surface area contributed by atoms with Crippen LogP contribution in [0.4, 0.5) is 0 Å². The van der Waals surface area contributed by atoms with Crippen molar-refractivity contribution in [2.24, 2.45) is 11.8 Å². The highest BCUT2D eigenvalue weighted by atomic mass is 14.2. The molecule has 0 radical (unpaired) electrons. The van der Waals surface area contributed by atoms with Gasteiger partial charge < -0.3 is 0 Å². The van der Waals surface area contributed by atoms with Crippen LogP contribution in [0.15, 0.2) is 12.7 Å². The van der Waals surface area contributed by atoms with Crippen molar-refractivity contribution < 1.29 is 0 Å². The Bertz CT molecular complexity index is 109. The highest BCUT2D eigenvalue weighted by molar-refractivity contribution is 4.78. The van der Waals surface area contributed by atoms with E-state index in [9.17, 15) is 0 Å². The van der Waals surface area contributed by atoms with Gasteiger partial charge in [0.2, 0.25) is 0 Å². The summed E-state index contributed by atoms with van der Waals surface area (Å²) in [5.41, 5.74) is 0. The Morgan fingerprint density at radius 3 is 2.55 bits per heavy atom. The van der Waals surface area contributed by atoms with Gasteiger partial charge in [-0.05, 0) is 18.3 Å². The van der Waals surface area contributed by atoms with E-state index < -0.39 is 0 Å². The van der Waals surface area contributed by atoms with E-state index in [1.807, 2.05) is 0 Å². The van der Waals surface area contributed by atoms with E-state index in [-0.39, 0.29) is 0 Å². The van der Waals surface area contributed by atoms with Crippen LogP contribution >= 0.6 is 0 Å². The van der Waals surface area contributed by atoms with Crippen molar-refractivity contribution in [3.63, 3.8) is 0 Å². The average Bonchev–Trinajstić information content (AvgIpc) is 2.06. The number of rotatable bonds is 3. The fourth-order valence-electron chi connectivity index (χ4n) is 2.04. The van der Waals surface area contributed by atoms with E-state index in [4.69, 9.17) is 0 Å². The molecule has 0 amide bonds. The first-order valence-corrected chi connectivity index (χ1v) is 4.95. The van der Waals surface area contributed by atoms with Gasteiger partial charge in [0.25, 0.3) is 0 Å². The van der Waals surface area contributed by atoms with E-state index in [1.54, 1.807) is 0 Å². The van der Waals surface area contributed by atoms with Gasteiger partial charge in [-0.15, -0.1) is 6.58 Å². The van der Waals surface area contributed by atoms with Gasteiger partial charge in [-0.3, -0.25) is 0 Å². The quantitative estimate of drug-likeness (QED) is 0.540. The van der Waals surface area contributed by atoms with Gasteiger partial charge in [0.05, 0.1) is 0 Å². The van der Waals surface area contributed by atoms with Gasteiger partial charge in [0, 0.05) is 0 Å². The highest BCUT2D eigenvalue weighted by Gasteiger charge is 2.14. The lowest BCUT2D eigenvalue weighted by molar-refractivity contribution is 0.315. The van der Waals surface area contributed by atoms with Crippen LogP contribution in [0.25, 0.3) is 0 Å². The molecule has 1 aliphatic rings. The lowest BCUT2D eigenvalue weighted by Crippen LogP contribution is -2.09. The first-order valence-electron chi connectivity index (χ1n) is 4.95. The Labute approximate surface area is 70.7 Å². The summed E-state index contributed by atoms with van der Waals surface area (Å²) in [6.45, 7) is 6.11. The molecule has 0 saturated heterocycles. The SMILES string of the molecule is C=CC(C)CC1CCCCC1. The lowest BCUT2D eigenvalue weighted by Gasteiger charge is -2.23. The largest absolute Gasteiger partial charge is 0.103 e. The molecule has 1 fully saturated rings. The third-order valence-electron chi connectivity index (χ3n) is 2.83. The van der Waals surface area contributed by atoms with Crippen molar-refractivity contribution in [2.75, 3.05) is 0 Å². The Kier molecular flexibility index (Phi) is 3.68. The summed E-state index contributed by atoms with van der Waals surface area (Å²) in [5.74, 6) is 1.75. The summed E-state index contributed by atoms with van der Waals surface area (Å²) in [5, 5.41) is 0. The fourth-order valence-corrected chi connectivity index (χ4v) is 2.04. The number of allylic oxidation sites excluding steroid dienone is 1. The van der Waals surface area contributed by atoms with Crippen LogP contribution in [0.2, 0.25) is 0 Å². The molecule has 1 atom stereocenters. The molecular weight excluding hydrogens is 132 g/mol. The summed E-state index contributed by atoms with van der Waals surface area (Å²) in [6, 6.07) is 0. The minimum atomic E-state index is 0.734. The zero-order valence-electron chi connectivity index (χ0n) is 7.68. The molecule has 0 nitrogen and oxygen atoms in total. The van der Waals surface area contributed by atoms with Crippen molar-refractivity contribution in [2.45, 2.75) is 45.4 Å². The van der Waals surface area contributed by atoms with Crippen LogP contribution in [0, 0.1) is 11.8 Å². The monoisotopic (exact) mass is 152 g/mol. The van der Waals surface area contributed by atoms with Crippen molar-refractivity contribution in [1.82, 2.24) is 0 Å². The third kappa shape index (κ3) is 3.09. The molecule has 1 aliphatic carbocycles. The minimum absolute atomic E-state index is 0.734. The molecule has 0 heterocycles. The Morgan fingerprint density at radius 1 is 1.36 bits per heavy atom. The number of hydrogen-bond acceptors (Lipinski definition) is 0. The molecule has 0 bridgehead atoms. The topological polar surface area (TPSA) is 0 Å². The van der Waals surface area contributed by atoms with Crippen LogP contribution in [0.5, 0.6) is 0 Å². The summed E-state index contributed by atoms with van der Waals surface area (Å²) in [4.78, 5) is 0. The average molecular weight is 152 g/mol. The molecule has 0 N–H and O–H groups in total. The molecule has 0 aliphatic heterocycles. The smallest absolute Gasteiger partial charge is 0.0262 e. The molecule has 0 spiro atoms. The van der Waals surface area contributed by atoms with Crippen LogP contribution < -0.4 is 0 Å². The zero-order chi connectivity index (χ0) is 8.10. The Balaban J connectivity index is 2.18. The Morgan fingerprint density at radius 2 is 2.00 bits per heavy atom. The summed E-state index contributed by atoms with van der Waals surface area (Å²) in [6.07, 6.45) is 10.8. The van der Waals surface area contributed by atoms with Crippen LogP contribution in [-0.2, 0) is 0 Å². The van der Waals surface area contributed by atoms with Crippen LogP contribution in [0.3, 0.4) is 0 Å². The van der Waals surface area contributed by atoms with E-state index >= 15 is 0 Å². The standard InChI is InChI=1S/C11H20/c1-3-10(2)9-11-7-5-4-6-8-11/h3,10-11H,1,4-9H2,2H3. The van der Waals surface area contributed by atoms with Crippen LogP contribution in [0.1, 0.15) is 45.4 Å². The molecule has 0 aromatic carbocycles. The molecule has 64 valence electrons. The summed E-state index contributed by atoms with van der Waals surface area (Å²) < 4.78 is 0. The van der Waals surface area contributed by atoms with Crippen molar-refractivity contribution in [3.05, 3.63) is 12.7 Å². The van der Waals surface area contributed by atoms with Gasteiger partial charge in [-0.1, -0.05) is 45.1 Å². The highest BCUT2D eigenvalue weighted by Crippen LogP contribution is 2.28. The van der Waals surface area contributed by atoms with Gasteiger partial charge in [0.1, 0.15) is 0 Å². The first kappa shape index (κ1) is 8.83. The molecule has 1 unspecified atom stereocenters. The number of hydrogen-bond donors (Lipinski definition) is 0. The van der Waals surface area contributed by atoms with E-state index in [0.717, 1.165) is 11.8 Å². The fraction of sp³-hybridized carbons (Fsp3) is 0.818. The second-order valence-electron chi connectivity index (χ2n) is 3.95. The van der Waals surface area contributed by atoms with Crippen molar-refractivity contribution in [1.29, 1.82) is 0 Å². The van der Waals surface area contributed by atoms with Crippen LogP contribution in [-0.4, -0.2) is 0 Å². The maximum Gasteiger partial charge on any atom is -0.0262 e. The molecule has 0 aromatic heterocycles. The maximum atomic E-state index is 3.83. The van der Waals surface area contributed by atoms with Gasteiger partial charge in [-0.25, -0.2) is 0 Å². The van der Waals surface area contributed by atoms with Crippen molar-refractivity contribution in [3.8, 4) is 0 Å². The molecule has 1 saturated carbocycles. The molecule has 0 heteroatoms. The van der Waals surface area contributed by atoms with Gasteiger partial charge in [0.15, 0.2) is 0 Å². The molecule has 0 aromatic rings. The zero-order valence-corrected chi connectivity index (χ0v) is 7.68.